The number of hydrogen-bond acceptors (Lipinski definition) is 5. The highest BCUT2D eigenvalue weighted by molar-refractivity contribution is 6.03. The molecule has 3 aromatic rings. The minimum atomic E-state index is -0.822. The van der Waals surface area contributed by atoms with Gasteiger partial charge in [0.2, 0.25) is 0 Å². The zero-order valence-corrected chi connectivity index (χ0v) is 14.6. The molecule has 2 aromatic carbocycles. The number of aromatic nitrogens is 2. The maximum absolute atomic E-state index is 10.6. The summed E-state index contributed by atoms with van der Waals surface area (Å²) in [5, 5.41) is 19.2. The molecular formula is C19H20N4O3. The van der Waals surface area contributed by atoms with E-state index in [1.54, 1.807) is 37.3 Å². The van der Waals surface area contributed by atoms with E-state index in [-0.39, 0.29) is 11.8 Å². The van der Waals surface area contributed by atoms with Crippen molar-refractivity contribution in [3.05, 3.63) is 48.3 Å². The zero-order chi connectivity index (χ0) is 18.3. The van der Waals surface area contributed by atoms with Crippen molar-refractivity contribution in [3.63, 3.8) is 0 Å². The highest BCUT2D eigenvalue weighted by Crippen LogP contribution is 2.38. The van der Waals surface area contributed by atoms with Gasteiger partial charge in [-0.2, -0.15) is 0 Å². The van der Waals surface area contributed by atoms with E-state index < -0.39 is 6.23 Å². The van der Waals surface area contributed by atoms with Crippen LogP contribution in [0.4, 0.5) is 5.69 Å². The number of amidine groups is 1. The lowest BCUT2D eigenvalue weighted by Crippen LogP contribution is -2.33. The summed E-state index contributed by atoms with van der Waals surface area (Å²) in [6.45, 7) is 0. The van der Waals surface area contributed by atoms with Gasteiger partial charge in [0.1, 0.15) is 29.4 Å². The van der Waals surface area contributed by atoms with Gasteiger partial charge in [-0.1, -0.05) is 12.1 Å². The fraction of sp³-hybridized carbons (Fsp3) is 0.263. The number of ether oxygens (including phenoxy) is 2. The predicted molar refractivity (Wildman–Crippen MR) is 99.2 cm³/mol. The van der Waals surface area contributed by atoms with Gasteiger partial charge in [-0.15, -0.1) is 0 Å². The molecular weight excluding hydrogens is 332 g/mol. The maximum Gasteiger partial charge on any atom is 0.133 e. The van der Waals surface area contributed by atoms with Gasteiger partial charge in [-0.3, -0.25) is 5.41 Å². The molecule has 7 nitrogen and oxygen atoms in total. The largest absolute Gasteiger partial charge is 0.497 e. The molecule has 0 aliphatic carbocycles. The summed E-state index contributed by atoms with van der Waals surface area (Å²) in [5.74, 6) is 1.87. The van der Waals surface area contributed by atoms with Crippen LogP contribution in [0.3, 0.4) is 0 Å². The third-order valence-corrected chi connectivity index (χ3v) is 4.69. The molecule has 4 rings (SSSR count). The van der Waals surface area contributed by atoms with Crippen LogP contribution in [-0.4, -0.2) is 41.4 Å². The number of imidazole rings is 1. The van der Waals surface area contributed by atoms with Crippen molar-refractivity contribution in [2.75, 3.05) is 19.1 Å². The number of methoxy groups -OCH3 is 2. The Labute approximate surface area is 150 Å². The van der Waals surface area contributed by atoms with Crippen LogP contribution in [0.5, 0.6) is 11.5 Å². The van der Waals surface area contributed by atoms with Gasteiger partial charge >= 0.3 is 0 Å². The fourth-order valence-corrected chi connectivity index (χ4v) is 3.38. The standard InChI is InChI=1S/C19H20N4O3/c1-25-12-7-11(8-13(9-12)26-2)23-17(24)10-14(18(23)20)19-21-15-5-3-4-6-16(15)22-19/h3-9,14,17,20,24H,10H2,1-2H3,(H,21,22). The molecule has 2 unspecified atom stereocenters. The SMILES string of the molecule is COc1cc(OC)cc(N2C(=N)C(c3nc4ccccc4[nH]3)CC2O)c1. The van der Waals surface area contributed by atoms with E-state index in [4.69, 9.17) is 14.9 Å². The van der Waals surface area contributed by atoms with E-state index in [0.29, 0.717) is 29.4 Å². The summed E-state index contributed by atoms with van der Waals surface area (Å²) in [5.41, 5.74) is 2.43. The Hall–Kier alpha value is -3.06. The monoisotopic (exact) mass is 352 g/mol. The van der Waals surface area contributed by atoms with Gasteiger partial charge in [-0.05, 0) is 12.1 Å². The van der Waals surface area contributed by atoms with Crippen LogP contribution in [0.1, 0.15) is 18.2 Å². The number of rotatable bonds is 4. The van der Waals surface area contributed by atoms with Gasteiger partial charge in [0, 0.05) is 24.6 Å². The lowest BCUT2D eigenvalue weighted by Gasteiger charge is -2.23. The number of hydrogen-bond donors (Lipinski definition) is 3. The zero-order valence-electron chi connectivity index (χ0n) is 14.6. The second-order valence-electron chi connectivity index (χ2n) is 6.23. The highest BCUT2D eigenvalue weighted by Gasteiger charge is 2.39. The van der Waals surface area contributed by atoms with Crippen LogP contribution < -0.4 is 14.4 Å². The highest BCUT2D eigenvalue weighted by atomic mass is 16.5. The van der Waals surface area contributed by atoms with E-state index in [2.05, 4.69) is 9.97 Å². The van der Waals surface area contributed by atoms with E-state index >= 15 is 0 Å². The van der Waals surface area contributed by atoms with Crippen LogP contribution in [0.2, 0.25) is 0 Å². The summed E-state index contributed by atoms with van der Waals surface area (Å²) < 4.78 is 10.6. The second kappa shape index (κ2) is 6.34. The van der Waals surface area contributed by atoms with Crippen molar-refractivity contribution < 1.29 is 14.6 Å². The molecule has 134 valence electrons. The molecule has 26 heavy (non-hydrogen) atoms. The van der Waals surface area contributed by atoms with Crippen LogP contribution in [-0.2, 0) is 0 Å². The minimum absolute atomic E-state index is 0.284. The van der Waals surface area contributed by atoms with E-state index in [1.165, 1.54) is 0 Å². The number of aliphatic hydroxyl groups is 1. The lowest BCUT2D eigenvalue weighted by molar-refractivity contribution is 0.185. The molecule has 0 amide bonds. The first-order chi connectivity index (χ1) is 12.6. The Bertz CT molecular complexity index is 913. The van der Waals surface area contributed by atoms with Crippen LogP contribution in [0.15, 0.2) is 42.5 Å². The minimum Gasteiger partial charge on any atom is -0.497 e. The van der Waals surface area contributed by atoms with Gasteiger partial charge in [0.15, 0.2) is 0 Å². The molecule has 0 saturated carbocycles. The molecule has 1 aliphatic rings. The molecule has 3 N–H and O–H groups in total. The molecule has 1 aliphatic heterocycles. The Kier molecular flexibility index (Phi) is 4.00. The quantitative estimate of drug-likeness (QED) is 0.671. The average molecular weight is 352 g/mol. The van der Waals surface area contributed by atoms with E-state index in [0.717, 1.165) is 11.0 Å². The normalized spacial score (nSPS) is 20.0. The Balaban J connectivity index is 1.70. The number of benzene rings is 2. The molecule has 0 bridgehead atoms. The molecule has 2 heterocycles. The van der Waals surface area contributed by atoms with Crippen molar-refractivity contribution in [1.29, 1.82) is 5.41 Å². The molecule has 7 heteroatoms. The van der Waals surface area contributed by atoms with E-state index in [9.17, 15) is 5.11 Å². The molecule has 0 spiro atoms. The number of fused-ring (bicyclic) bond motifs is 1. The van der Waals surface area contributed by atoms with Crippen LogP contribution in [0, 0.1) is 5.41 Å². The molecule has 2 atom stereocenters. The van der Waals surface area contributed by atoms with Gasteiger partial charge in [-0.25, -0.2) is 4.98 Å². The van der Waals surface area contributed by atoms with Gasteiger partial charge < -0.3 is 24.5 Å². The fourth-order valence-electron chi connectivity index (χ4n) is 3.38. The lowest BCUT2D eigenvalue weighted by atomic mass is 10.1. The number of aliphatic hydroxyl groups excluding tert-OH is 1. The van der Waals surface area contributed by atoms with Gasteiger partial charge in [0.25, 0.3) is 0 Å². The summed E-state index contributed by atoms with van der Waals surface area (Å²) in [4.78, 5) is 9.44. The smallest absolute Gasteiger partial charge is 0.133 e. The Morgan fingerprint density at radius 3 is 2.50 bits per heavy atom. The predicted octanol–water partition coefficient (Wildman–Crippen LogP) is 2.87. The summed E-state index contributed by atoms with van der Waals surface area (Å²) in [6, 6.07) is 13.1. The first-order valence-corrected chi connectivity index (χ1v) is 8.34. The molecule has 1 fully saturated rings. The van der Waals surface area contributed by atoms with Crippen molar-refractivity contribution in [2.24, 2.45) is 0 Å². The number of nitrogens with zero attached hydrogens (tertiary/aromatic N) is 2. The Morgan fingerprint density at radius 2 is 1.85 bits per heavy atom. The van der Waals surface area contributed by atoms with E-state index in [1.807, 2.05) is 24.3 Å². The third-order valence-electron chi connectivity index (χ3n) is 4.69. The van der Waals surface area contributed by atoms with Crippen molar-refractivity contribution >= 4 is 22.6 Å². The van der Waals surface area contributed by atoms with Crippen molar-refractivity contribution in [2.45, 2.75) is 18.6 Å². The molecule has 1 saturated heterocycles. The second-order valence-corrected chi connectivity index (χ2v) is 6.23. The first-order valence-electron chi connectivity index (χ1n) is 8.34. The topological polar surface area (TPSA) is 94.5 Å². The van der Waals surface area contributed by atoms with Gasteiger partial charge in [0.05, 0.1) is 36.9 Å². The number of para-hydroxylation sites is 2. The molecule has 0 radical (unpaired) electrons. The average Bonchev–Trinajstić information content (AvgIpc) is 3.21. The summed E-state index contributed by atoms with van der Waals surface area (Å²) in [6.07, 6.45) is -0.435. The molecule has 1 aromatic heterocycles. The first kappa shape index (κ1) is 16.4. The van der Waals surface area contributed by atoms with Crippen molar-refractivity contribution in [1.82, 2.24) is 9.97 Å². The summed E-state index contributed by atoms with van der Waals surface area (Å²) in [7, 11) is 3.14. The van der Waals surface area contributed by atoms with Crippen LogP contribution >= 0.6 is 0 Å². The third kappa shape index (κ3) is 2.66. The Morgan fingerprint density at radius 1 is 1.15 bits per heavy atom. The maximum atomic E-state index is 10.6. The van der Waals surface area contributed by atoms with Crippen molar-refractivity contribution in [3.8, 4) is 11.5 Å². The number of H-pyrrole nitrogens is 1. The van der Waals surface area contributed by atoms with Crippen LogP contribution in [0.25, 0.3) is 11.0 Å². The number of anilines is 1. The summed E-state index contributed by atoms with van der Waals surface area (Å²) >= 11 is 0. The number of aromatic amines is 1. The number of nitrogens with one attached hydrogen (secondary N) is 2.